The van der Waals surface area contributed by atoms with Crippen molar-refractivity contribution in [1.82, 2.24) is 9.80 Å². The molecule has 2 aliphatic heterocycles. The number of aliphatic hydroxyl groups is 1. The van der Waals surface area contributed by atoms with E-state index in [4.69, 9.17) is 9.47 Å². The van der Waals surface area contributed by atoms with Gasteiger partial charge >= 0.3 is 6.09 Å². The number of aliphatic hydroxyl groups excluding tert-OH is 1. The number of nitrogens with zero attached hydrogens (tertiary/aromatic N) is 2. The summed E-state index contributed by atoms with van der Waals surface area (Å²) in [6.07, 6.45) is -1.14. The number of amides is 1. The van der Waals surface area contributed by atoms with Crippen LogP contribution in [0, 0.1) is 11.8 Å². The Bertz CT molecular complexity index is 573. The van der Waals surface area contributed by atoms with Gasteiger partial charge < -0.3 is 19.5 Å². The van der Waals surface area contributed by atoms with Gasteiger partial charge in [-0.05, 0) is 38.2 Å². The van der Waals surface area contributed by atoms with E-state index in [1.165, 1.54) is 0 Å². The fourth-order valence-corrected chi connectivity index (χ4v) is 3.54. The van der Waals surface area contributed by atoms with E-state index in [0.717, 1.165) is 18.7 Å². The van der Waals surface area contributed by atoms with E-state index < -0.39 is 12.0 Å². The van der Waals surface area contributed by atoms with Crippen molar-refractivity contribution in [1.29, 1.82) is 0 Å². The zero-order valence-electron chi connectivity index (χ0n) is 15.2. The molecule has 6 nitrogen and oxygen atoms in total. The maximum atomic E-state index is 12.2. The molecule has 2 fully saturated rings. The number of carbonyl (C=O) groups excluding carboxylic acids is 1. The first-order valence-electron chi connectivity index (χ1n) is 8.87. The molecule has 3 atom stereocenters. The topological polar surface area (TPSA) is 62.2 Å². The van der Waals surface area contributed by atoms with Gasteiger partial charge in [-0.1, -0.05) is 30.3 Å². The third kappa shape index (κ3) is 4.71. The molecule has 0 bridgehead atoms. The third-order valence-electron chi connectivity index (χ3n) is 4.72. The predicted molar refractivity (Wildman–Crippen MR) is 93.6 cm³/mol. The summed E-state index contributed by atoms with van der Waals surface area (Å²) in [5, 5.41) is 10.3. The second-order valence-corrected chi connectivity index (χ2v) is 7.98. The fourth-order valence-electron chi connectivity index (χ4n) is 3.54. The number of hydrogen-bond donors (Lipinski definition) is 1. The van der Waals surface area contributed by atoms with Crippen LogP contribution in [0.15, 0.2) is 30.3 Å². The van der Waals surface area contributed by atoms with Gasteiger partial charge in [-0.25, -0.2) is 4.79 Å². The molecule has 25 heavy (non-hydrogen) atoms. The lowest BCUT2D eigenvalue weighted by atomic mass is 10.0. The first-order chi connectivity index (χ1) is 11.8. The second-order valence-electron chi connectivity index (χ2n) is 7.98. The van der Waals surface area contributed by atoms with Crippen LogP contribution in [0.3, 0.4) is 0 Å². The van der Waals surface area contributed by atoms with Crippen molar-refractivity contribution in [3.8, 4) is 0 Å². The fraction of sp³-hybridized carbons (Fsp3) is 0.632. The van der Waals surface area contributed by atoms with Crippen LogP contribution in [0.25, 0.3) is 0 Å². The van der Waals surface area contributed by atoms with Crippen molar-refractivity contribution in [2.45, 2.75) is 39.4 Å². The first kappa shape index (κ1) is 18.2. The van der Waals surface area contributed by atoms with Gasteiger partial charge in [0, 0.05) is 26.2 Å². The Labute approximate surface area is 149 Å². The molecule has 6 heteroatoms. The molecule has 0 aliphatic carbocycles. The Morgan fingerprint density at radius 2 is 1.76 bits per heavy atom. The number of ether oxygens (including phenoxy) is 2. The molecule has 1 N–H and O–H groups in total. The first-order valence-corrected chi connectivity index (χ1v) is 8.87. The van der Waals surface area contributed by atoms with Gasteiger partial charge in [0.05, 0.1) is 6.61 Å². The Balaban J connectivity index is 1.45. The van der Waals surface area contributed by atoms with Gasteiger partial charge in [0.15, 0.2) is 0 Å². The Hall–Kier alpha value is -1.63. The van der Waals surface area contributed by atoms with Crippen molar-refractivity contribution in [2.75, 3.05) is 26.2 Å². The number of hydrogen-bond acceptors (Lipinski definition) is 5. The molecular weight excluding hydrogens is 320 g/mol. The zero-order valence-corrected chi connectivity index (χ0v) is 15.2. The molecule has 0 aromatic heterocycles. The van der Waals surface area contributed by atoms with Crippen molar-refractivity contribution >= 4 is 6.09 Å². The van der Waals surface area contributed by atoms with E-state index in [-0.39, 0.29) is 6.09 Å². The molecule has 0 spiro atoms. The van der Waals surface area contributed by atoms with Crippen molar-refractivity contribution in [3.63, 3.8) is 0 Å². The molecule has 138 valence electrons. The Morgan fingerprint density at radius 1 is 1.16 bits per heavy atom. The van der Waals surface area contributed by atoms with Crippen LogP contribution in [0.5, 0.6) is 0 Å². The lowest BCUT2D eigenvalue weighted by molar-refractivity contribution is -0.195. The minimum absolute atomic E-state index is 0.241. The number of carbonyl (C=O) groups is 1. The summed E-state index contributed by atoms with van der Waals surface area (Å²) in [4.78, 5) is 15.9. The lowest BCUT2D eigenvalue weighted by Crippen LogP contribution is -2.40. The van der Waals surface area contributed by atoms with Crippen LogP contribution in [0.2, 0.25) is 0 Å². The number of benzene rings is 1. The molecule has 2 saturated heterocycles. The molecule has 1 aromatic carbocycles. The largest absolute Gasteiger partial charge is 0.444 e. The molecule has 2 aliphatic rings. The molecule has 0 radical (unpaired) electrons. The Kier molecular flexibility index (Phi) is 5.32. The van der Waals surface area contributed by atoms with E-state index in [1.54, 1.807) is 4.90 Å². The second kappa shape index (κ2) is 7.32. The van der Waals surface area contributed by atoms with E-state index in [2.05, 4.69) is 0 Å². The van der Waals surface area contributed by atoms with Gasteiger partial charge in [-0.3, -0.25) is 4.90 Å². The highest BCUT2D eigenvalue weighted by atomic mass is 16.6. The number of rotatable bonds is 4. The molecule has 1 amide bonds. The molecule has 2 heterocycles. The third-order valence-corrected chi connectivity index (χ3v) is 4.72. The van der Waals surface area contributed by atoms with Crippen LogP contribution in [0.4, 0.5) is 4.79 Å². The summed E-state index contributed by atoms with van der Waals surface area (Å²) in [6, 6.07) is 9.82. The van der Waals surface area contributed by atoms with Crippen molar-refractivity contribution in [2.24, 2.45) is 11.8 Å². The smallest absolute Gasteiger partial charge is 0.410 e. The molecule has 3 unspecified atom stereocenters. The highest BCUT2D eigenvalue weighted by Crippen LogP contribution is 2.32. The van der Waals surface area contributed by atoms with E-state index in [0.29, 0.717) is 31.5 Å². The minimum Gasteiger partial charge on any atom is -0.444 e. The maximum Gasteiger partial charge on any atom is 0.410 e. The summed E-state index contributed by atoms with van der Waals surface area (Å²) in [6.45, 7) is 8.86. The van der Waals surface area contributed by atoms with Gasteiger partial charge in [0.2, 0.25) is 6.41 Å². The maximum absolute atomic E-state index is 12.2. The number of fused-ring (bicyclic) bond motifs is 1. The minimum atomic E-state index is -0.902. The van der Waals surface area contributed by atoms with Gasteiger partial charge in [-0.2, -0.15) is 0 Å². The van der Waals surface area contributed by atoms with Crippen LogP contribution in [0.1, 0.15) is 26.3 Å². The van der Waals surface area contributed by atoms with Gasteiger partial charge in [-0.15, -0.1) is 0 Å². The highest BCUT2D eigenvalue weighted by molar-refractivity contribution is 5.68. The molecule has 3 rings (SSSR count). The number of likely N-dealkylation sites (tertiary alicyclic amines) is 2. The monoisotopic (exact) mass is 348 g/mol. The standard InChI is InChI=1S/C19H28N2O4/c1-19(2,3)25-18(23)21-11-15-9-20(10-16(15)12-21)17(22)24-13-14-7-5-4-6-8-14/h4-8,15-17,22H,9-13H2,1-3H3. The highest BCUT2D eigenvalue weighted by Gasteiger charge is 2.44. The zero-order chi connectivity index (χ0) is 18.0. The SMILES string of the molecule is CC(C)(C)OC(=O)N1CC2CN(C(O)OCc3ccccc3)CC2C1. The average Bonchev–Trinajstić information content (AvgIpc) is 3.11. The van der Waals surface area contributed by atoms with Gasteiger partial charge in [0.25, 0.3) is 0 Å². The van der Waals surface area contributed by atoms with Crippen molar-refractivity contribution in [3.05, 3.63) is 35.9 Å². The van der Waals surface area contributed by atoms with Crippen LogP contribution in [-0.4, -0.2) is 59.2 Å². The van der Waals surface area contributed by atoms with E-state index in [9.17, 15) is 9.90 Å². The van der Waals surface area contributed by atoms with Crippen molar-refractivity contribution < 1.29 is 19.4 Å². The molecular formula is C19H28N2O4. The van der Waals surface area contributed by atoms with E-state index >= 15 is 0 Å². The normalized spacial score (nSPS) is 25.0. The average molecular weight is 348 g/mol. The van der Waals surface area contributed by atoms with Crippen LogP contribution >= 0.6 is 0 Å². The summed E-state index contributed by atoms with van der Waals surface area (Å²) < 4.78 is 11.0. The summed E-state index contributed by atoms with van der Waals surface area (Å²) in [5.41, 5.74) is 0.569. The summed E-state index contributed by atoms with van der Waals surface area (Å²) in [7, 11) is 0. The Morgan fingerprint density at radius 3 is 2.32 bits per heavy atom. The molecule has 0 saturated carbocycles. The lowest BCUT2D eigenvalue weighted by Gasteiger charge is -2.27. The predicted octanol–water partition coefficient (Wildman–Crippen LogP) is 2.28. The van der Waals surface area contributed by atoms with Crippen LogP contribution < -0.4 is 0 Å². The quantitative estimate of drug-likeness (QED) is 0.846. The van der Waals surface area contributed by atoms with Gasteiger partial charge in [0.1, 0.15) is 5.60 Å². The van der Waals surface area contributed by atoms with E-state index in [1.807, 2.05) is 56.0 Å². The summed E-state index contributed by atoms with van der Waals surface area (Å²) >= 11 is 0. The van der Waals surface area contributed by atoms with Crippen LogP contribution in [-0.2, 0) is 16.1 Å². The molecule has 1 aromatic rings. The summed E-state index contributed by atoms with van der Waals surface area (Å²) in [5.74, 6) is 0.727.